The van der Waals surface area contributed by atoms with Crippen molar-refractivity contribution in [2.24, 2.45) is 0 Å². The summed E-state index contributed by atoms with van der Waals surface area (Å²) in [6.07, 6.45) is 5.61. The second-order valence-corrected chi connectivity index (χ2v) is 8.12. The SMILES string of the molecule is CCSC1CCCC1n1c(C(C)C)cnc1SCC(=O)O. The first-order valence-corrected chi connectivity index (χ1v) is 9.61. The molecule has 1 fully saturated rings. The van der Waals surface area contributed by atoms with E-state index in [9.17, 15) is 4.79 Å². The van der Waals surface area contributed by atoms with Crippen molar-refractivity contribution < 1.29 is 9.90 Å². The first-order valence-electron chi connectivity index (χ1n) is 7.57. The van der Waals surface area contributed by atoms with Gasteiger partial charge in [-0.25, -0.2) is 4.98 Å². The summed E-state index contributed by atoms with van der Waals surface area (Å²) in [6, 6.07) is 0.464. The van der Waals surface area contributed by atoms with E-state index >= 15 is 0 Å². The van der Waals surface area contributed by atoms with Gasteiger partial charge < -0.3 is 9.67 Å². The van der Waals surface area contributed by atoms with Crippen LogP contribution >= 0.6 is 23.5 Å². The van der Waals surface area contributed by atoms with Crippen molar-refractivity contribution in [3.05, 3.63) is 11.9 Å². The van der Waals surface area contributed by atoms with Crippen LogP contribution in [0.2, 0.25) is 0 Å². The highest BCUT2D eigenvalue weighted by molar-refractivity contribution is 8.00. The smallest absolute Gasteiger partial charge is 0.313 e. The maximum Gasteiger partial charge on any atom is 0.313 e. The van der Waals surface area contributed by atoms with Gasteiger partial charge in [-0.05, 0) is 24.5 Å². The van der Waals surface area contributed by atoms with Crippen LogP contribution in [0.3, 0.4) is 0 Å². The number of carboxylic acids is 1. The van der Waals surface area contributed by atoms with Crippen molar-refractivity contribution in [1.29, 1.82) is 0 Å². The molecule has 0 spiro atoms. The van der Waals surface area contributed by atoms with E-state index in [4.69, 9.17) is 5.11 Å². The van der Waals surface area contributed by atoms with Gasteiger partial charge in [-0.15, -0.1) is 0 Å². The number of carbonyl (C=O) groups is 1. The van der Waals surface area contributed by atoms with Crippen LogP contribution in [0.4, 0.5) is 0 Å². The summed E-state index contributed by atoms with van der Waals surface area (Å²) >= 11 is 3.37. The molecule has 118 valence electrons. The number of nitrogens with zero attached hydrogens (tertiary/aromatic N) is 2. The van der Waals surface area contributed by atoms with E-state index in [1.54, 1.807) is 0 Å². The van der Waals surface area contributed by atoms with Gasteiger partial charge in [0, 0.05) is 23.2 Å². The van der Waals surface area contributed by atoms with Gasteiger partial charge in [0.2, 0.25) is 0 Å². The Balaban J connectivity index is 2.29. The molecule has 1 aromatic heterocycles. The standard InChI is InChI=1S/C15H24N2O2S2/c1-4-20-13-7-5-6-11(13)17-12(10(2)3)8-16-15(17)21-9-14(18)19/h8,10-11,13H,4-7,9H2,1-3H3,(H,18,19). The molecule has 2 unspecified atom stereocenters. The monoisotopic (exact) mass is 328 g/mol. The highest BCUT2D eigenvalue weighted by atomic mass is 32.2. The zero-order valence-corrected chi connectivity index (χ0v) is 14.5. The van der Waals surface area contributed by atoms with Crippen molar-refractivity contribution in [3.63, 3.8) is 0 Å². The number of aliphatic carboxylic acids is 1. The Hall–Kier alpha value is -0.620. The van der Waals surface area contributed by atoms with Crippen LogP contribution in [0.1, 0.15) is 57.7 Å². The van der Waals surface area contributed by atoms with Crippen molar-refractivity contribution in [1.82, 2.24) is 9.55 Å². The van der Waals surface area contributed by atoms with Crippen molar-refractivity contribution in [2.45, 2.75) is 62.4 Å². The summed E-state index contributed by atoms with van der Waals surface area (Å²) in [4.78, 5) is 15.4. The minimum atomic E-state index is -0.786. The molecule has 0 aliphatic heterocycles. The fourth-order valence-electron chi connectivity index (χ4n) is 2.96. The molecule has 0 radical (unpaired) electrons. The number of imidazole rings is 1. The molecule has 2 rings (SSSR count). The number of thioether (sulfide) groups is 2. The number of carboxylic acid groups (broad SMARTS) is 1. The Labute approximate surface area is 135 Å². The first kappa shape index (κ1) is 16.7. The fraction of sp³-hybridized carbons (Fsp3) is 0.733. The molecule has 1 heterocycles. The van der Waals surface area contributed by atoms with E-state index in [2.05, 4.69) is 30.3 Å². The predicted octanol–water partition coefficient (Wildman–Crippen LogP) is 4.03. The van der Waals surface area contributed by atoms with E-state index in [-0.39, 0.29) is 5.75 Å². The minimum Gasteiger partial charge on any atom is -0.481 e. The average molecular weight is 329 g/mol. The summed E-state index contributed by atoms with van der Waals surface area (Å²) in [5.41, 5.74) is 1.23. The van der Waals surface area contributed by atoms with Gasteiger partial charge in [-0.3, -0.25) is 4.79 Å². The Morgan fingerprint density at radius 3 is 2.90 bits per heavy atom. The van der Waals surface area contributed by atoms with E-state index in [1.807, 2.05) is 18.0 Å². The maximum absolute atomic E-state index is 10.9. The second-order valence-electron chi connectivity index (χ2n) is 5.66. The van der Waals surface area contributed by atoms with Crippen molar-refractivity contribution in [2.75, 3.05) is 11.5 Å². The van der Waals surface area contributed by atoms with Crippen LogP contribution in [0, 0.1) is 0 Å². The largest absolute Gasteiger partial charge is 0.481 e. The summed E-state index contributed by atoms with van der Waals surface area (Å²) in [7, 11) is 0. The van der Waals surface area contributed by atoms with Gasteiger partial charge in [0.25, 0.3) is 0 Å². The van der Waals surface area contributed by atoms with Crippen LogP contribution in [-0.2, 0) is 4.79 Å². The zero-order chi connectivity index (χ0) is 15.4. The Bertz CT molecular complexity index is 488. The molecule has 0 bridgehead atoms. The van der Waals surface area contributed by atoms with Crippen LogP contribution in [0.5, 0.6) is 0 Å². The highest BCUT2D eigenvalue weighted by Crippen LogP contribution is 2.42. The lowest BCUT2D eigenvalue weighted by Gasteiger charge is -2.25. The number of rotatable bonds is 7. The van der Waals surface area contributed by atoms with Crippen LogP contribution in [-0.4, -0.2) is 37.4 Å². The zero-order valence-electron chi connectivity index (χ0n) is 12.9. The van der Waals surface area contributed by atoms with E-state index in [0.29, 0.717) is 17.2 Å². The third-order valence-electron chi connectivity index (χ3n) is 3.84. The van der Waals surface area contributed by atoms with Crippen molar-refractivity contribution >= 4 is 29.5 Å². The predicted molar refractivity (Wildman–Crippen MR) is 89.5 cm³/mol. The van der Waals surface area contributed by atoms with Crippen molar-refractivity contribution in [3.8, 4) is 0 Å². The lowest BCUT2D eigenvalue weighted by atomic mass is 10.1. The summed E-state index contributed by atoms with van der Waals surface area (Å²) < 4.78 is 2.33. The Morgan fingerprint density at radius 1 is 1.52 bits per heavy atom. The molecule has 1 aliphatic carbocycles. The molecule has 1 aliphatic rings. The van der Waals surface area contributed by atoms with Gasteiger partial charge in [0.1, 0.15) is 0 Å². The quantitative estimate of drug-likeness (QED) is 0.766. The summed E-state index contributed by atoms with van der Waals surface area (Å²) in [5, 5.41) is 10.4. The normalized spacial score (nSPS) is 22.1. The molecule has 2 atom stereocenters. The number of hydrogen-bond acceptors (Lipinski definition) is 4. The lowest BCUT2D eigenvalue weighted by molar-refractivity contribution is -0.133. The third kappa shape index (κ3) is 3.97. The molecule has 0 saturated heterocycles. The first-order chi connectivity index (χ1) is 10.0. The molecule has 6 heteroatoms. The maximum atomic E-state index is 10.9. The highest BCUT2D eigenvalue weighted by Gasteiger charge is 2.32. The molecule has 1 N–H and O–H groups in total. The number of hydrogen-bond donors (Lipinski definition) is 1. The average Bonchev–Trinajstić information content (AvgIpc) is 3.02. The van der Waals surface area contributed by atoms with Crippen LogP contribution in [0.25, 0.3) is 0 Å². The third-order valence-corrected chi connectivity index (χ3v) is 6.10. The molecule has 4 nitrogen and oxygen atoms in total. The summed E-state index contributed by atoms with van der Waals surface area (Å²) in [6.45, 7) is 6.56. The molecule has 1 saturated carbocycles. The minimum absolute atomic E-state index is 0.0762. The Morgan fingerprint density at radius 2 is 2.29 bits per heavy atom. The van der Waals surface area contributed by atoms with Gasteiger partial charge >= 0.3 is 5.97 Å². The molecule has 21 heavy (non-hydrogen) atoms. The fourth-order valence-corrected chi connectivity index (χ4v) is 4.96. The van der Waals surface area contributed by atoms with E-state index in [1.165, 1.54) is 36.7 Å². The lowest BCUT2D eigenvalue weighted by Crippen LogP contribution is -2.20. The summed E-state index contributed by atoms with van der Waals surface area (Å²) in [5.74, 6) is 0.827. The molecular formula is C15H24N2O2S2. The topological polar surface area (TPSA) is 55.1 Å². The van der Waals surface area contributed by atoms with E-state index < -0.39 is 5.97 Å². The molecular weight excluding hydrogens is 304 g/mol. The van der Waals surface area contributed by atoms with Gasteiger partial charge in [-0.2, -0.15) is 11.8 Å². The van der Waals surface area contributed by atoms with Gasteiger partial charge in [-0.1, -0.05) is 39.0 Å². The molecule has 1 aromatic rings. The Kier molecular flexibility index (Phi) is 6.05. The van der Waals surface area contributed by atoms with E-state index in [0.717, 1.165) is 10.9 Å². The van der Waals surface area contributed by atoms with Gasteiger partial charge in [0.15, 0.2) is 5.16 Å². The van der Waals surface area contributed by atoms with Crippen LogP contribution in [0.15, 0.2) is 11.4 Å². The molecule has 0 aromatic carbocycles. The van der Waals surface area contributed by atoms with Crippen LogP contribution < -0.4 is 0 Å². The molecule has 0 amide bonds. The van der Waals surface area contributed by atoms with Gasteiger partial charge in [0.05, 0.1) is 5.75 Å². The second kappa shape index (κ2) is 7.58. The number of aromatic nitrogens is 2.